The molecule has 8 heteroatoms. The number of thioether (sulfide) groups is 1. The fourth-order valence-electron chi connectivity index (χ4n) is 1.35. The van der Waals surface area contributed by atoms with E-state index in [-0.39, 0.29) is 0 Å². The van der Waals surface area contributed by atoms with E-state index < -0.39 is 30.1 Å². The summed E-state index contributed by atoms with van der Waals surface area (Å²) in [6, 6.07) is -2.21. The van der Waals surface area contributed by atoms with E-state index in [1.165, 1.54) is 30.7 Å². The first kappa shape index (κ1) is 13.6. The van der Waals surface area contributed by atoms with E-state index in [9.17, 15) is 14.4 Å². The van der Waals surface area contributed by atoms with Crippen molar-refractivity contribution in [3.05, 3.63) is 0 Å². The summed E-state index contributed by atoms with van der Waals surface area (Å²) < 4.78 is 4.46. The van der Waals surface area contributed by atoms with Crippen LogP contribution in [0.5, 0.6) is 0 Å². The van der Waals surface area contributed by atoms with Gasteiger partial charge >= 0.3 is 18.0 Å². The molecule has 0 aromatic carbocycles. The van der Waals surface area contributed by atoms with E-state index in [0.717, 1.165) is 0 Å². The van der Waals surface area contributed by atoms with Crippen LogP contribution in [0.1, 0.15) is 6.92 Å². The minimum atomic E-state index is -1.05. The van der Waals surface area contributed by atoms with Gasteiger partial charge in [0.25, 0.3) is 0 Å². The molecule has 1 aliphatic rings. The lowest BCUT2D eigenvalue weighted by Crippen LogP contribution is -2.51. The van der Waals surface area contributed by atoms with Crippen LogP contribution in [0.4, 0.5) is 4.79 Å². The van der Waals surface area contributed by atoms with Crippen LogP contribution in [0.3, 0.4) is 0 Å². The third kappa shape index (κ3) is 3.26. The number of carbonyl (C=O) groups excluding carboxylic acids is 2. The molecular formula is C9H14N2O5S. The third-order valence-corrected chi connectivity index (χ3v) is 3.34. The smallest absolute Gasteiger partial charge is 0.328 e. The molecule has 2 N–H and O–H groups in total. The Bertz CT molecular complexity index is 335. The van der Waals surface area contributed by atoms with E-state index in [0.29, 0.717) is 11.6 Å². The number of carboxylic acid groups (broad SMARTS) is 1. The standard InChI is InChI=1S/C9H14N2O5S/c1-5(8(14)16-2)10-9(15)11-4-17-3-6(11)7(12)13/h5-6H,3-4H2,1-2H3,(H,10,15)(H,12,13). The van der Waals surface area contributed by atoms with Crippen LogP contribution in [0, 0.1) is 0 Å². The number of aliphatic carboxylic acids is 1. The van der Waals surface area contributed by atoms with Crippen LogP contribution in [-0.4, -0.2) is 58.8 Å². The number of amides is 2. The highest BCUT2D eigenvalue weighted by Crippen LogP contribution is 2.20. The molecule has 1 saturated heterocycles. The monoisotopic (exact) mass is 262 g/mol. The number of methoxy groups -OCH3 is 1. The van der Waals surface area contributed by atoms with Crippen LogP contribution >= 0.6 is 11.8 Å². The van der Waals surface area contributed by atoms with Crippen molar-refractivity contribution in [1.82, 2.24) is 10.2 Å². The second kappa shape index (κ2) is 5.76. The molecule has 7 nitrogen and oxygen atoms in total. The Morgan fingerprint density at radius 3 is 2.71 bits per heavy atom. The molecule has 2 unspecified atom stereocenters. The topological polar surface area (TPSA) is 95.9 Å². The van der Waals surface area contributed by atoms with Gasteiger partial charge in [-0.15, -0.1) is 11.8 Å². The number of urea groups is 1. The molecule has 1 fully saturated rings. The van der Waals surface area contributed by atoms with Gasteiger partial charge in [-0.05, 0) is 6.92 Å². The maximum atomic E-state index is 11.7. The molecule has 1 aliphatic heterocycles. The minimum Gasteiger partial charge on any atom is -0.480 e. The Hall–Kier alpha value is -1.44. The Balaban J connectivity index is 2.58. The molecule has 0 aromatic heterocycles. The number of esters is 1. The number of nitrogens with one attached hydrogen (secondary N) is 1. The lowest BCUT2D eigenvalue weighted by atomic mass is 10.3. The Labute approximate surface area is 102 Å². The van der Waals surface area contributed by atoms with Gasteiger partial charge in [-0.25, -0.2) is 14.4 Å². The first-order valence-electron chi connectivity index (χ1n) is 4.93. The van der Waals surface area contributed by atoms with E-state index in [2.05, 4.69) is 10.1 Å². The summed E-state index contributed by atoms with van der Waals surface area (Å²) in [6.07, 6.45) is 0. The van der Waals surface area contributed by atoms with E-state index in [1.54, 1.807) is 0 Å². The zero-order chi connectivity index (χ0) is 13.0. The van der Waals surface area contributed by atoms with Gasteiger partial charge < -0.3 is 20.1 Å². The molecule has 0 spiro atoms. The van der Waals surface area contributed by atoms with Crippen LogP contribution in [-0.2, 0) is 14.3 Å². The van der Waals surface area contributed by atoms with Crippen molar-refractivity contribution in [2.45, 2.75) is 19.0 Å². The van der Waals surface area contributed by atoms with Crippen molar-refractivity contribution in [2.75, 3.05) is 18.7 Å². The first-order chi connectivity index (χ1) is 7.97. The lowest BCUT2D eigenvalue weighted by molar-refractivity contribution is -0.142. The predicted molar refractivity (Wildman–Crippen MR) is 60.6 cm³/mol. The number of carboxylic acids is 1. The fraction of sp³-hybridized carbons (Fsp3) is 0.667. The molecule has 1 rings (SSSR count). The number of nitrogens with zero attached hydrogens (tertiary/aromatic N) is 1. The summed E-state index contributed by atoms with van der Waals surface area (Å²) in [7, 11) is 1.22. The molecule has 2 amide bonds. The highest BCUT2D eigenvalue weighted by atomic mass is 32.2. The molecule has 0 aliphatic carbocycles. The van der Waals surface area contributed by atoms with Gasteiger partial charge in [-0.3, -0.25) is 0 Å². The Kier molecular flexibility index (Phi) is 4.62. The third-order valence-electron chi connectivity index (χ3n) is 2.32. The highest BCUT2D eigenvalue weighted by molar-refractivity contribution is 7.99. The maximum Gasteiger partial charge on any atom is 0.328 e. The van der Waals surface area contributed by atoms with E-state index >= 15 is 0 Å². The zero-order valence-electron chi connectivity index (χ0n) is 9.50. The molecular weight excluding hydrogens is 248 g/mol. The van der Waals surface area contributed by atoms with Crippen molar-refractivity contribution in [1.29, 1.82) is 0 Å². The van der Waals surface area contributed by atoms with Crippen molar-refractivity contribution >= 4 is 29.7 Å². The molecule has 0 aromatic rings. The fourth-order valence-corrected chi connectivity index (χ4v) is 2.50. The number of ether oxygens (including phenoxy) is 1. The number of hydrogen-bond donors (Lipinski definition) is 2. The number of rotatable bonds is 3. The second-order valence-corrected chi connectivity index (χ2v) is 4.52. The van der Waals surface area contributed by atoms with Gasteiger partial charge in [0, 0.05) is 5.75 Å². The SMILES string of the molecule is COC(=O)C(C)NC(=O)N1CSCC1C(=O)O. The summed E-state index contributed by atoms with van der Waals surface area (Å²) in [5.41, 5.74) is 0. The Morgan fingerprint density at radius 1 is 1.53 bits per heavy atom. The molecule has 17 heavy (non-hydrogen) atoms. The zero-order valence-corrected chi connectivity index (χ0v) is 10.3. The molecule has 2 atom stereocenters. The van der Waals surface area contributed by atoms with E-state index in [1.807, 2.05) is 0 Å². The van der Waals surface area contributed by atoms with Gasteiger partial charge in [-0.2, -0.15) is 0 Å². The van der Waals surface area contributed by atoms with Gasteiger partial charge in [0.1, 0.15) is 12.1 Å². The minimum absolute atomic E-state index is 0.302. The molecule has 0 saturated carbocycles. The number of carbonyl (C=O) groups is 3. The van der Waals surface area contributed by atoms with Gasteiger partial charge in [-0.1, -0.05) is 0 Å². The van der Waals surface area contributed by atoms with Gasteiger partial charge in [0.05, 0.1) is 13.0 Å². The second-order valence-electron chi connectivity index (χ2n) is 3.52. The molecule has 96 valence electrons. The van der Waals surface area contributed by atoms with Crippen LogP contribution in [0.25, 0.3) is 0 Å². The summed E-state index contributed by atoms with van der Waals surface area (Å²) in [4.78, 5) is 34.9. The van der Waals surface area contributed by atoms with Crippen molar-refractivity contribution in [3.8, 4) is 0 Å². The van der Waals surface area contributed by atoms with Gasteiger partial charge in [0.15, 0.2) is 0 Å². The number of hydrogen-bond acceptors (Lipinski definition) is 5. The largest absolute Gasteiger partial charge is 0.480 e. The summed E-state index contributed by atoms with van der Waals surface area (Å²) in [6.45, 7) is 1.47. The maximum absolute atomic E-state index is 11.7. The summed E-state index contributed by atoms with van der Waals surface area (Å²) in [5.74, 6) is -0.959. The molecule has 0 bridgehead atoms. The molecule has 0 radical (unpaired) electrons. The summed E-state index contributed by atoms with van der Waals surface area (Å²) in [5, 5.41) is 11.3. The predicted octanol–water partition coefficient (Wildman–Crippen LogP) is -0.283. The highest BCUT2D eigenvalue weighted by Gasteiger charge is 2.35. The molecule has 1 heterocycles. The average Bonchev–Trinajstić information content (AvgIpc) is 2.76. The summed E-state index contributed by atoms with van der Waals surface area (Å²) >= 11 is 1.36. The Morgan fingerprint density at radius 2 is 2.18 bits per heavy atom. The van der Waals surface area contributed by atoms with Crippen LogP contribution in [0.15, 0.2) is 0 Å². The first-order valence-corrected chi connectivity index (χ1v) is 6.08. The van der Waals surface area contributed by atoms with Crippen molar-refractivity contribution in [3.63, 3.8) is 0 Å². The van der Waals surface area contributed by atoms with E-state index in [4.69, 9.17) is 5.11 Å². The van der Waals surface area contributed by atoms with Crippen molar-refractivity contribution in [2.24, 2.45) is 0 Å². The van der Waals surface area contributed by atoms with Crippen LogP contribution in [0.2, 0.25) is 0 Å². The average molecular weight is 262 g/mol. The van der Waals surface area contributed by atoms with Crippen LogP contribution < -0.4 is 5.32 Å². The van der Waals surface area contributed by atoms with Gasteiger partial charge in [0.2, 0.25) is 0 Å². The quantitative estimate of drug-likeness (QED) is 0.679. The lowest BCUT2D eigenvalue weighted by Gasteiger charge is -2.22. The normalized spacial score (nSPS) is 20.8. The van der Waals surface area contributed by atoms with Crippen molar-refractivity contribution < 1.29 is 24.2 Å².